The summed E-state index contributed by atoms with van der Waals surface area (Å²) in [5, 5.41) is 17.2. The van der Waals surface area contributed by atoms with Gasteiger partial charge in [0, 0.05) is 19.7 Å². The van der Waals surface area contributed by atoms with Gasteiger partial charge in [-0.05, 0) is 34.6 Å². The van der Waals surface area contributed by atoms with Crippen molar-refractivity contribution in [2.24, 2.45) is 5.41 Å². The first-order valence-electron chi connectivity index (χ1n) is 8.11. The van der Waals surface area contributed by atoms with E-state index < -0.39 is 0 Å². The number of urea groups is 1. The van der Waals surface area contributed by atoms with Gasteiger partial charge in [-0.2, -0.15) is 0 Å². The molecule has 2 amide bonds. The van der Waals surface area contributed by atoms with Crippen molar-refractivity contribution in [2.45, 2.75) is 26.7 Å². The summed E-state index contributed by atoms with van der Waals surface area (Å²) in [7, 11) is 0. The molecule has 0 unspecified atom stereocenters. The third-order valence-electron chi connectivity index (χ3n) is 4.08. The zero-order chi connectivity index (χ0) is 16.7. The molecule has 3 N–H and O–H groups in total. The Hall–Kier alpha value is -2.07. The predicted molar refractivity (Wildman–Crippen MR) is 94.5 cm³/mol. The monoisotopic (exact) mass is 314 g/mol. The highest BCUT2D eigenvalue weighted by Crippen LogP contribution is 2.19. The molecule has 4 heteroatoms. The smallest absolute Gasteiger partial charge is 0.314 e. The Kier molecular flexibility index (Phi) is 5.99. The second-order valence-corrected chi connectivity index (χ2v) is 6.64. The van der Waals surface area contributed by atoms with E-state index in [-0.39, 0.29) is 18.1 Å². The average molecular weight is 314 g/mol. The molecule has 0 spiro atoms. The Morgan fingerprint density at radius 1 is 1.09 bits per heavy atom. The van der Waals surface area contributed by atoms with E-state index in [1.807, 2.05) is 26.0 Å². The minimum Gasteiger partial charge on any atom is -0.396 e. The number of aliphatic hydroxyl groups is 1. The minimum atomic E-state index is -0.156. The van der Waals surface area contributed by atoms with Crippen molar-refractivity contribution >= 4 is 16.8 Å². The maximum atomic E-state index is 11.9. The lowest BCUT2D eigenvalue weighted by Crippen LogP contribution is -2.41. The van der Waals surface area contributed by atoms with Gasteiger partial charge in [0.2, 0.25) is 0 Å². The normalized spacial score (nSPS) is 11.4. The van der Waals surface area contributed by atoms with E-state index in [1.54, 1.807) is 0 Å². The molecule has 4 nitrogen and oxygen atoms in total. The number of carbonyl (C=O) groups is 1. The first kappa shape index (κ1) is 17.3. The number of rotatable bonds is 7. The van der Waals surface area contributed by atoms with Gasteiger partial charge in [-0.1, -0.05) is 56.3 Å². The fourth-order valence-corrected chi connectivity index (χ4v) is 2.59. The van der Waals surface area contributed by atoms with Crippen LogP contribution in [0.5, 0.6) is 0 Å². The maximum absolute atomic E-state index is 11.9. The number of carbonyl (C=O) groups excluding carboxylic acids is 1. The number of benzene rings is 2. The van der Waals surface area contributed by atoms with Crippen molar-refractivity contribution in [2.75, 3.05) is 19.7 Å². The Bertz CT molecular complexity index is 647. The van der Waals surface area contributed by atoms with Gasteiger partial charge < -0.3 is 15.7 Å². The molecule has 2 aromatic carbocycles. The van der Waals surface area contributed by atoms with Crippen LogP contribution < -0.4 is 10.6 Å². The van der Waals surface area contributed by atoms with E-state index in [4.69, 9.17) is 5.11 Å². The van der Waals surface area contributed by atoms with Gasteiger partial charge in [-0.15, -0.1) is 0 Å². The molecule has 23 heavy (non-hydrogen) atoms. The van der Waals surface area contributed by atoms with Crippen molar-refractivity contribution in [3.63, 3.8) is 0 Å². The molecule has 0 saturated carbocycles. The summed E-state index contributed by atoms with van der Waals surface area (Å²) in [6, 6.07) is 14.4. The van der Waals surface area contributed by atoms with Crippen LogP contribution in [0.3, 0.4) is 0 Å². The van der Waals surface area contributed by atoms with Crippen LogP contribution in [0, 0.1) is 5.41 Å². The largest absolute Gasteiger partial charge is 0.396 e. The second kappa shape index (κ2) is 7.97. The first-order valence-corrected chi connectivity index (χ1v) is 8.11. The number of amides is 2. The molecular weight excluding hydrogens is 288 g/mol. The van der Waals surface area contributed by atoms with E-state index in [9.17, 15) is 4.79 Å². The average Bonchev–Trinajstić information content (AvgIpc) is 2.53. The summed E-state index contributed by atoms with van der Waals surface area (Å²) in [5.74, 6) is 0. The van der Waals surface area contributed by atoms with E-state index in [1.165, 1.54) is 16.3 Å². The third kappa shape index (κ3) is 5.25. The van der Waals surface area contributed by atoms with Crippen LogP contribution in [0.1, 0.15) is 25.8 Å². The molecule has 2 aromatic rings. The van der Waals surface area contributed by atoms with Gasteiger partial charge >= 0.3 is 6.03 Å². The number of fused-ring (bicyclic) bond motifs is 1. The molecule has 124 valence electrons. The van der Waals surface area contributed by atoms with E-state index in [2.05, 4.69) is 41.0 Å². The Morgan fingerprint density at radius 3 is 2.61 bits per heavy atom. The molecule has 0 heterocycles. The lowest BCUT2D eigenvalue weighted by molar-refractivity contribution is 0.201. The SMILES string of the molecule is CC(C)(CCO)CNC(=O)NCCc1cccc2ccccc12. The summed E-state index contributed by atoms with van der Waals surface area (Å²) >= 11 is 0. The predicted octanol–water partition coefficient (Wildman–Crippen LogP) is 3.09. The summed E-state index contributed by atoms with van der Waals surface area (Å²) in [6.07, 6.45) is 1.47. The van der Waals surface area contributed by atoms with Crippen LogP contribution in [0.2, 0.25) is 0 Å². The topological polar surface area (TPSA) is 61.4 Å². The molecule has 0 aliphatic heterocycles. The lowest BCUT2D eigenvalue weighted by atomic mass is 9.90. The minimum absolute atomic E-state index is 0.0955. The van der Waals surface area contributed by atoms with Crippen LogP contribution in [0.15, 0.2) is 42.5 Å². The van der Waals surface area contributed by atoms with E-state index in [0.717, 1.165) is 6.42 Å². The van der Waals surface area contributed by atoms with Crippen molar-refractivity contribution in [1.29, 1.82) is 0 Å². The van der Waals surface area contributed by atoms with Gasteiger partial charge in [0.1, 0.15) is 0 Å². The Morgan fingerprint density at radius 2 is 1.83 bits per heavy atom. The Balaban J connectivity index is 1.81. The van der Waals surface area contributed by atoms with Crippen LogP contribution in [-0.2, 0) is 6.42 Å². The summed E-state index contributed by atoms with van der Waals surface area (Å²) in [6.45, 7) is 5.34. The highest BCUT2D eigenvalue weighted by Gasteiger charge is 2.17. The highest BCUT2D eigenvalue weighted by molar-refractivity contribution is 5.85. The summed E-state index contributed by atoms with van der Waals surface area (Å²) in [5.41, 5.74) is 1.14. The second-order valence-electron chi connectivity index (χ2n) is 6.64. The quantitative estimate of drug-likeness (QED) is 0.735. The fraction of sp³-hybridized carbons (Fsp3) is 0.421. The van der Waals surface area contributed by atoms with Crippen molar-refractivity contribution in [3.05, 3.63) is 48.0 Å². The number of hydrogen-bond donors (Lipinski definition) is 3. The van der Waals surface area contributed by atoms with E-state index >= 15 is 0 Å². The molecule has 0 radical (unpaired) electrons. The molecule has 0 aliphatic rings. The molecule has 0 saturated heterocycles. The first-order chi connectivity index (χ1) is 11.0. The van der Waals surface area contributed by atoms with Crippen LogP contribution >= 0.6 is 0 Å². The number of aliphatic hydroxyl groups excluding tert-OH is 1. The number of nitrogens with one attached hydrogen (secondary N) is 2. The molecule has 0 aromatic heterocycles. The summed E-state index contributed by atoms with van der Waals surface area (Å²) < 4.78 is 0. The van der Waals surface area contributed by atoms with Crippen LogP contribution in [0.4, 0.5) is 4.79 Å². The zero-order valence-electron chi connectivity index (χ0n) is 13.9. The van der Waals surface area contributed by atoms with Gasteiger partial charge in [0.15, 0.2) is 0 Å². The van der Waals surface area contributed by atoms with Gasteiger partial charge in [-0.3, -0.25) is 0 Å². The Labute approximate surface area is 137 Å². The van der Waals surface area contributed by atoms with Gasteiger partial charge in [-0.25, -0.2) is 4.79 Å². The molecule has 2 rings (SSSR count). The number of hydrogen-bond acceptors (Lipinski definition) is 2. The van der Waals surface area contributed by atoms with E-state index in [0.29, 0.717) is 19.5 Å². The van der Waals surface area contributed by atoms with Gasteiger partial charge in [0.05, 0.1) is 0 Å². The molecule has 0 fully saturated rings. The highest BCUT2D eigenvalue weighted by atomic mass is 16.3. The molecule has 0 aliphatic carbocycles. The van der Waals surface area contributed by atoms with Crippen molar-refractivity contribution < 1.29 is 9.90 Å². The molecule has 0 bridgehead atoms. The van der Waals surface area contributed by atoms with Crippen LogP contribution in [-0.4, -0.2) is 30.8 Å². The van der Waals surface area contributed by atoms with Crippen molar-refractivity contribution in [3.8, 4) is 0 Å². The molecule has 0 atom stereocenters. The zero-order valence-corrected chi connectivity index (χ0v) is 13.9. The maximum Gasteiger partial charge on any atom is 0.314 e. The third-order valence-corrected chi connectivity index (χ3v) is 4.08. The standard InChI is InChI=1S/C19H26N2O2/c1-19(2,11-13-22)14-21-18(23)20-12-10-16-8-5-7-15-6-3-4-9-17(15)16/h3-9,22H,10-14H2,1-2H3,(H2,20,21,23). The molecular formula is C19H26N2O2. The fourth-order valence-electron chi connectivity index (χ4n) is 2.59. The van der Waals surface area contributed by atoms with Gasteiger partial charge in [0.25, 0.3) is 0 Å². The lowest BCUT2D eigenvalue weighted by Gasteiger charge is -2.23. The summed E-state index contributed by atoms with van der Waals surface area (Å²) in [4.78, 5) is 11.9. The van der Waals surface area contributed by atoms with Crippen molar-refractivity contribution in [1.82, 2.24) is 10.6 Å². The van der Waals surface area contributed by atoms with Crippen LogP contribution in [0.25, 0.3) is 10.8 Å².